The van der Waals surface area contributed by atoms with Gasteiger partial charge in [-0.25, -0.2) is 0 Å². The van der Waals surface area contributed by atoms with Gasteiger partial charge in [0.25, 0.3) is 0 Å². The van der Waals surface area contributed by atoms with Crippen LogP contribution in [0.2, 0.25) is 10.0 Å². The third-order valence-corrected chi connectivity index (χ3v) is 3.98. The average Bonchev–Trinajstić information content (AvgIpc) is 2.47. The molecule has 4 heteroatoms. The van der Waals surface area contributed by atoms with Crippen LogP contribution in [0.25, 0.3) is 0 Å². The van der Waals surface area contributed by atoms with Crippen LogP contribution in [-0.2, 0) is 10.2 Å². The number of benzene rings is 2. The Kier molecular flexibility index (Phi) is 4.92. The molecule has 0 atom stereocenters. The van der Waals surface area contributed by atoms with Gasteiger partial charge in [0.2, 0.25) is 0 Å². The Labute approximate surface area is 134 Å². The Balaban J connectivity index is 2.08. The first-order valence-electron chi connectivity index (χ1n) is 6.58. The van der Waals surface area contributed by atoms with Crippen LogP contribution in [-0.4, -0.2) is 12.4 Å². The maximum absolute atomic E-state index is 12.4. The maximum atomic E-state index is 12.4. The van der Waals surface area contributed by atoms with E-state index in [1.807, 2.05) is 44.2 Å². The second kappa shape index (κ2) is 6.50. The summed E-state index contributed by atoms with van der Waals surface area (Å²) in [5.74, 6) is 0.443. The molecule has 2 aromatic carbocycles. The van der Waals surface area contributed by atoms with Crippen molar-refractivity contribution in [2.24, 2.45) is 0 Å². The molecule has 0 heterocycles. The number of rotatable bonds is 5. The van der Waals surface area contributed by atoms with Gasteiger partial charge >= 0.3 is 0 Å². The molecule has 0 fully saturated rings. The summed E-state index contributed by atoms with van der Waals surface area (Å²) in [6, 6.07) is 14.6. The lowest BCUT2D eigenvalue weighted by Gasteiger charge is -2.23. The Bertz CT molecular complexity index is 636. The van der Waals surface area contributed by atoms with E-state index >= 15 is 0 Å². The molecule has 2 rings (SSSR count). The highest BCUT2D eigenvalue weighted by atomic mass is 35.5. The Morgan fingerprint density at radius 2 is 1.76 bits per heavy atom. The monoisotopic (exact) mass is 322 g/mol. The van der Waals surface area contributed by atoms with E-state index in [4.69, 9.17) is 27.9 Å². The molecule has 0 amide bonds. The summed E-state index contributed by atoms with van der Waals surface area (Å²) in [5.41, 5.74) is 0.348. The molecular weight excluding hydrogens is 307 g/mol. The highest BCUT2D eigenvalue weighted by Crippen LogP contribution is 2.29. The third kappa shape index (κ3) is 3.78. The van der Waals surface area contributed by atoms with Crippen LogP contribution in [0.1, 0.15) is 19.4 Å². The van der Waals surface area contributed by atoms with Crippen molar-refractivity contribution < 1.29 is 9.53 Å². The van der Waals surface area contributed by atoms with Crippen LogP contribution in [0.4, 0.5) is 0 Å². The molecule has 0 aromatic heterocycles. The van der Waals surface area contributed by atoms with Crippen molar-refractivity contribution in [3.63, 3.8) is 0 Å². The van der Waals surface area contributed by atoms with Crippen LogP contribution in [0.3, 0.4) is 0 Å². The standard InChI is InChI=1S/C17H16Cl2O2/c1-17(2,12-6-4-3-5-7-12)16(20)11-21-15-9-8-13(18)10-14(15)19/h3-10H,11H2,1-2H3. The summed E-state index contributed by atoms with van der Waals surface area (Å²) in [4.78, 5) is 12.4. The molecule has 0 radical (unpaired) electrons. The predicted molar refractivity (Wildman–Crippen MR) is 86.4 cm³/mol. The van der Waals surface area contributed by atoms with E-state index in [0.29, 0.717) is 15.8 Å². The summed E-state index contributed by atoms with van der Waals surface area (Å²) in [6.45, 7) is 3.73. The van der Waals surface area contributed by atoms with Crippen LogP contribution >= 0.6 is 23.2 Å². The number of Topliss-reactive ketones (excluding diaryl/α,β-unsaturated/α-hetero) is 1. The van der Waals surface area contributed by atoms with Gasteiger partial charge < -0.3 is 4.74 Å². The van der Waals surface area contributed by atoms with Crippen molar-refractivity contribution in [1.82, 2.24) is 0 Å². The zero-order valence-corrected chi connectivity index (χ0v) is 13.4. The van der Waals surface area contributed by atoms with E-state index in [1.165, 1.54) is 0 Å². The Morgan fingerprint density at radius 3 is 2.38 bits per heavy atom. The van der Waals surface area contributed by atoms with Gasteiger partial charge in [-0.05, 0) is 37.6 Å². The molecule has 0 aliphatic carbocycles. The molecule has 0 aliphatic rings. The first-order chi connectivity index (χ1) is 9.91. The highest BCUT2D eigenvalue weighted by molar-refractivity contribution is 6.35. The van der Waals surface area contributed by atoms with Crippen molar-refractivity contribution in [3.8, 4) is 5.75 Å². The lowest BCUT2D eigenvalue weighted by Crippen LogP contribution is -2.33. The molecule has 2 nitrogen and oxygen atoms in total. The van der Waals surface area contributed by atoms with Crippen LogP contribution in [0, 0.1) is 0 Å². The topological polar surface area (TPSA) is 26.3 Å². The molecule has 110 valence electrons. The minimum atomic E-state index is -0.611. The zero-order chi connectivity index (χ0) is 15.5. The largest absolute Gasteiger partial charge is 0.484 e. The number of hydrogen-bond acceptors (Lipinski definition) is 2. The van der Waals surface area contributed by atoms with Gasteiger partial charge in [0.15, 0.2) is 5.78 Å². The highest BCUT2D eigenvalue weighted by Gasteiger charge is 2.29. The molecular formula is C17H16Cl2O2. The van der Waals surface area contributed by atoms with Crippen LogP contribution in [0.5, 0.6) is 5.75 Å². The lowest BCUT2D eigenvalue weighted by atomic mass is 9.81. The SMILES string of the molecule is CC(C)(C(=O)COc1ccc(Cl)cc1Cl)c1ccccc1. The number of hydrogen-bond donors (Lipinski definition) is 0. The molecule has 0 N–H and O–H groups in total. The molecule has 0 spiro atoms. The second-order valence-corrected chi connectivity index (χ2v) is 6.12. The number of carbonyl (C=O) groups excluding carboxylic acids is 1. The molecule has 0 saturated carbocycles. The lowest BCUT2D eigenvalue weighted by molar-refractivity contribution is -0.125. The molecule has 0 saturated heterocycles. The fourth-order valence-electron chi connectivity index (χ4n) is 1.93. The maximum Gasteiger partial charge on any atom is 0.180 e. The van der Waals surface area contributed by atoms with E-state index < -0.39 is 5.41 Å². The van der Waals surface area contributed by atoms with Gasteiger partial charge in [-0.1, -0.05) is 53.5 Å². The normalized spacial score (nSPS) is 11.2. The van der Waals surface area contributed by atoms with Crippen molar-refractivity contribution in [2.75, 3.05) is 6.61 Å². The smallest absolute Gasteiger partial charge is 0.180 e. The fourth-order valence-corrected chi connectivity index (χ4v) is 2.39. The number of halogens is 2. The summed E-state index contributed by atoms with van der Waals surface area (Å²) in [7, 11) is 0. The molecule has 2 aromatic rings. The predicted octanol–water partition coefficient (Wildman–Crippen LogP) is 4.92. The average molecular weight is 323 g/mol. The van der Waals surface area contributed by atoms with Crippen molar-refractivity contribution in [1.29, 1.82) is 0 Å². The van der Waals surface area contributed by atoms with Crippen LogP contribution in [0.15, 0.2) is 48.5 Å². The fraction of sp³-hybridized carbons (Fsp3) is 0.235. The van der Waals surface area contributed by atoms with Gasteiger partial charge in [-0.2, -0.15) is 0 Å². The third-order valence-electron chi connectivity index (χ3n) is 3.45. The summed E-state index contributed by atoms with van der Waals surface area (Å²) in [5, 5.41) is 0.927. The first kappa shape index (κ1) is 15.9. The van der Waals surface area contributed by atoms with Gasteiger partial charge in [0.1, 0.15) is 12.4 Å². The molecule has 0 unspecified atom stereocenters. The zero-order valence-electron chi connectivity index (χ0n) is 11.9. The van der Waals surface area contributed by atoms with Crippen molar-refractivity contribution in [2.45, 2.75) is 19.3 Å². The first-order valence-corrected chi connectivity index (χ1v) is 7.33. The van der Waals surface area contributed by atoms with E-state index in [-0.39, 0.29) is 12.4 Å². The second-order valence-electron chi connectivity index (χ2n) is 5.28. The summed E-state index contributed by atoms with van der Waals surface area (Å²) >= 11 is 11.8. The number of carbonyl (C=O) groups is 1. The molecule has 0 bridgehead atoms. The minimum absolute atomic E-state index is 0.0142. The summed E-state index contributed by atoms with van der Waals surface area (Å²) < 4.78 is 5.52. The van der Waals surface area contributed by atoms with E-state index in [0.717, 1.165) is 5.56 Å². The van der Waals surface area contributed by atoms with Gasteiger partial charge in [0.05, 0.1) is 10.4 Å². The number of ether oxygens (including phenoxy) is 1. The van der Waals surface area contributed by atoms with Crippen molar-refractivity contribution >= 4 is 29.0 Å². The van der Waals surface area contributed by atoms with Gasteiger partial charge in [-0.15, -0.1) is 0 Å². The Hall–Kier alpha value is -1.51. The van der Waals surface area contributed by atoms with Crippen LogP contribution < -0.4 is 4.74 Å². The molecule has 0 aliphatic heterocycles. The minimum Gasteiger partial charge on any atom is -0.484 e. The van der Waals surface area contributed by atoms with E-state index in [9.17, 15) is 4.79 Å². The Morgan fingerprint density at radius 1 is 1.10 bits per heavy atom. The summed E-state index contributed by atoms with van der Waals surface area (Å²) in [6.07, 6.45) is 0. The van der Waals surface area contributed by atoms with Gasteiger partial charge in [0, 0.05) is 5.02 Å². The van der Waals surface area contributed by atoms with Gasteiger partial charge in [-0.3, -0.25) is 4.79 Å². The number of ketones is 1. The van der Waals surface area contributed by atoms with E-state index in [2.05, 4.69) is 0 Å². The van der Waals surface area contributed by atoms with Crippen molar-refractivity contribution in [3.05, 3.63) is 64.1 Å². The van der Waals surface area contributed by atoms with E-state index in [1.54, 1.807) is 18.2 Å². The quantitative estimate of drug-likeness (QED) is 0.781. The molecule has 21 heavy (non-hydrogen) atoms.